The summed E-state index contributed by atoms with van der Waals surface area (Å²) < 4.78 is 5.35. The third kappa shape index (κ3) is 6.31. The molecule has 0 aliphatic heterocycles. The van der Waals surface area contributed by atoms with E-state index in [1.165, 1.54) is 5.56 Å². The highest BCUT2D eigenvalue weighted by atomic mass is 35.5. The predicted octanol–water partition coefficient (Wildman–Crippen LogP) is 6.53. The number of aromatic nitrogens is 1. The van der Waals surface area contributed by atoms with Crippen LogP contribution in [0.25, 0.3) is 33.6 Å². The fourth-order valence-corrected chi connectivity index (χ4v) is 3.53. The van der Waals surface area contributed by atoms with Gasteiger partial charge in [-0.05, 0) is 56.4 Å². The van der Waals surface area contributed by atoms with Crippen molar-refractivity contribution < 1.29 is 9.53 Å². The fourth-order valence-electron chi connectivity index (χ4n) is 3.53. The molecule has 0 bridgehead atoms. The Morgan fingerprint density at radius 1 is 0.765 bits per heavy atom. The van der Waals surface area contributed by atoms with Gasteiger partial charge in [-0.3, -0.25) is 0 Å². The van der Waals surface area contributed by atoms with Gasteiger partial charge in [0.1, 0.15) is 6.61 Å². The molecule has 0 unspecified atom stereocenters. The Labute approximate surface area is 207 Å². The second-order valence-corrected chi connectivity index (χ2v) is 8.37. The molecule has 0 saturated carbocycles. The van der Waals surface area contributed by atoms with Crippen molar-refractivity contribution in [1.29, 1.82) is 0 Å². The van der Waals surface area contributed by atoms with Crippen LogP contribution in [0, 0.1) is 6.92 Å². The molecule has 0 atom stereocenters. The summed E-state index contributed by atoms with van der Waals surface area (Å²) in [5.74, 6) is -0.310. The van der Waals surface area contributed by atoms with Gasteiger partial charge >= 0.3 is 5.97 Å². The highest BCUT2D eigenvalue weighted by Gasteiger charge is 2.11. The van der Waals surface area contributed by atoms with Gasteiger partial charge in [0, 0.05) is 17.7 Å². The van der Waals surface area contributed by atoms with E-state index >= 15 is 0 Å². The summed E-state index contributed by atoms with van der Waals surface area (Å²) in [6, 6.07) is 30.4. The lowest BCUT2D eigenvalue weighted by molar-refractivity contribution is 0.0482. The molecule has 4 aromatic rings. The summed E-state index contributed by atoms with van der Waals surface area (Å²) in [6.45, 7) is 3.15. The summed E-state index contributed by atoms with van der Waals surface area (Å²) in [5, 5.41) is 0. The molecule has 4 rings (SSSR count). The molecule has 0 aliphatic carbocycles. The number of hydrogen-bond acceptors (Lipinski definition) is 4. The summed E-state index contributed by atoms with van der Waals surface area (Å²) in [5.41, 5.74) is 7.79. The van der Waals surface area contributed by atoms with Crippen molar-refractivity contribution in [2.24, 2.45) is 0 Å². The van der Waals surface area contributed by atoms with Crippen molar-refractivity contribution in [3.05, 3.63) is 102 Å². The molecule has 0 radical (unpaired) electrons. The minimum Gasteiger partial charge on any atom is -0.461 e. The fraction of sp³-hybridized carbons (Fsp3) is 0.172. The molecule has 0 N–H and O–H groups in total. The summed E-state index contributed by atoms with van der Waals surface area (Å²) in [4.78, 5) is 19.2. The first-order valence-corrected chi connectivity index (χ1v) is 11.1. The predicted molar refractivity (Wildman–Crippen MR) is 141 cm³/mol. The molecule has 0 amide bonds. The Morgan fingerprint density at radius 2 is 1.32 bits per heavy atom. The Morgan fingerprint density at radius 3 is 1.91 bits per heavy atom. The van der Waals surface area contributed by atoms with Crippen LogP contribution < -0.4 is 0 Å². The van der Waals surface area contributed by atoms with Gasteiger partial charge in [-0.15, -0.1) is 12.4 Å². The zero-order valence-corrected chi connectivity index (χ0v) is 20.5. The van der Waals surface area contributed by atoms with Crippen LogP contribution >= 0.6 is 12.4 Å². The number of esters is 1. The van der Waals surface area contributed by atoms with E-state index in [1.54, 1.807) is 12.1 Å². The monoisotopic (exact) mass is 472 g/mol. The highest BCUT2D eigenvalue weighted by Crippen LogP contribution is 2.30. The lowest BCUT2D eigenvalue weighted by Crippen LogP contribution is -2.20. The summed E-state index contributed by atoms with van der Waals surface area (Å²) >= 11 is 0. The first-order valence-electron chi connectivity index (χ1n) is 11.1. The number of hydrogen-bond donors (Lipinski definition) is 0. The molecule has 5 heteroatoms. The van der Waals surface area contributed by atoms with Gasteiger partial charge in [-0.1, -0.05) is 72.3 Å². The van der Waals surface area contributed by atoms with E-state index in [-0.39, 0.29) is 18.4 Å². The van der Waals surface area contributed by atoms with Gasteiger partial charge in [0.15, 0.2) is 0 Å². The second kappa shape index (κ2) is 11.6. The molecule has 34 heavy (non-hydrogen) atoms. The number of nitrogens with zero attached hydrogens (tertiary/aromatic N) is 2. The Bertz CT molecular complexity index is 1220. The maximum absolute atomic E-state index is 12.3. The lowest BCUT2D eigenvalue weighted by atomic mass is 9.99. The molecule has 0 fully saturated rings. The van der Waals surface area contributed by atoms with Gasteiger partial charge in [0.25, 0.3) is 0 Å². The SMILES string of the molecule is Cc1ccc(-c2cc(-c3ccccc3)nc(-c3ccc(C(=O)OCCN(C)C)cc3)c2)cc1.Cl. The van der Waals surface area contributed by atoms with Crippen molar-refractivity contribution in [3.8, 4) is 33.6 Å². The zero-order valence-electron chi connectivity index (χ0n) is 19.7. The van der Waals surface area contributed by atoms with E-state index in [9.17, 15) is 4.79 Å². The third-order valence-corrected chi connectivity index (χ3v) is 5.47. The number of aryl methyl sites for hydroxylation is 1. The van der Waals surface area contributed by atoms with Gasteiger partial charge in [0.2, 0.25) is 0 Å². The van der Waals surface area contributed by atoms with Gasteiger partial charge in [-0.25, -0.2) is 9.78 Å². The Kier molecular flexibility index (Phi) is 8.58. The van der Waals surface area contributed by atoms with Crippen molar-refractivity contribution in [3.63, 3.8) is 0 Å². The quantitative estimate of drug-likeness (QED) is 0.287. The first-order chi connectivity index (χ1) is 16.0. The topological polar surface area (TPSA) is 42.4 Å². The van der Waals surface area contributed by atoms with E-state index < -0.39 is 0 Å². The van der Waals surface area contributed by atoms with Crippen LogP contribution in [0.2, 0.25) is 0 Å². The van der Waals surface area contributed by atoms with Crippen molar-refractivity contribution >= 4 is 18.4 Å². The number of ether oxygens (including phenoxy) is 1. The molecule has 4 nitrogen and oxygen atoms in total. The maximum Gasteiger partial charge on any atom is 0.338 e. The number of likely N-dealkylation sites (N-methyl/N-ethyl adjacent to an activating group) is 1. The largest absolute Gasteiger partial charge is 0.461 e. The van der Waals surface area contributed by atoms with E-state index in [2.05, 4.69) is 55.5 Å². The number of carbonyl (C=O) groups is 1. The number of benzene rings is 3. The molecule has 3 aromatic carbocycles. The Balaban J connectivity index is 0.00000324. The number of pyridine rings is 1. The lowest BCUT2D eigenvalue weighted by Gasteiger charge is -2.12. The van der Waals surface area contributed by atoms with Gasteiger partial charge in [0.05, 0.1) is 17.0 Å². The molecule has 0 spiro atoms. The highest BCUT2D eigenvalue weighted by molar-refractivity contribution is 5.90. The van der Waals surface area contributed by atoms with E-state index in [1.807, 2.05) is 49.3 Å². The van der Waals surface area contributed by atoms with Crippen LogP contribution in [0.5, 0.6) is 0 Å². The third-order valence-electron chi connectivity index (χ3n) is 5.47. The van der Waals surface area contributed by atoms with Gasteiger partial charge < -0.3 is 9.64 Å². The molecule has 174 valence electrons. The van der Waals surface area contributed by atoms with Crippen molar-refractivity contribution in [2.75, 3.05) is 27.2 Å². The van der Waals surface area contributed by atoms with Crippen LogP contribution in [0.1, 0.15) is 15.9 Å². The average Bonchev–Trinajstić information content (AvgIpc) is 2.84. The minimum absolute atomic E-state index is 0. The molecular formula is C29H29ClN2O2. The summed E-state index contributed by atoms with van der Waals surface area (Å²) in [7, 11) is 3.90. The minimum atomic E-state index is -0.310. The molecule has 1 heterocycles. The smallest absolute Gasteiger partial charge is 0.338 e. The Hall–Kier alpha value is -3.47. The number of halogens is 1. The average molecular weight is 473 g/mol. The van der Waals surface area contributed by atoms with E-state index in [4.69, 9.17) is 9.72 Å². The van der Waals surface area contributed by atoms with Gasteiger partial charge in [-0.2, -0.15) is 0 Å². The summed E-state index contributed by atoms with van der Waals surface area (Å²) in [6.07, 6.45) is 0. The molecule has 0 saturated heterocycles. The van der Waals surface area contributed by atoms with Crippen LogP contribution in [-0.4, -0.2) is 43.1 Å². The second-order valence-electron chi connectivity index (χ2n) is 8.37. The number of rotatable bonds is 7. The zero-order chi connectivity index (χ0) is 23.2. The molecule has 0 aliphatic rings. The maximum atomic E-state index is 12.3. The standard InChI is InChI=1S/C29H28N2O2.ClH/c1-21-9-11-22(12-10-21)26-19-27(23-7-5-4-6-8-23)30-28(20-26)24-13-15-25(16-14-24)29(32)33-18-17-31(2)3;/h4-16,19-20H,17-18H2,1-3H3;1H. The van der Waals surface area contributed by atoms with Crippen LogP contribution in [-0.2, 0) is 4.74 Å². The molecule has 1 aromatic heterocycles. The van der Waals surface area contributed by atoms with Crippen LogP contribution in [0.4, 0.5) is 0 Å². The normalized spacial score (nSPS) is 10.6. The first kappa shape index (κ1) is 25.2. The van der Waals surface area contributed by atoms with Crippen molar-refractivity contribution in [2.45, 2.75) is 6.92 Å². The van der Waals surface area contributed by atoms with E-state index in [0.717, 1.165) is 33.6 Å². The molecular weight excluding hydrogens is 444 g/mol. The van der Waals surface area contributed by atoms with E-state index in [0.29, 0.717) is 18.7 Å². The number of carbonyl (C=O) groups excluding carboxylic acids is 1. The van der Waals surface area contributed by atoms with Crippen molar-refractivity contribution in [1.82, 2.24) is 9.88 Å². The van der Waals surface area contributed by atoms with Crippen LogP contribution in [0.3, 0.4) is 0 Å². The van der Waals surface area contributed by atoms with Crippen LogP contribution in [0.15, 0.2) is 91.0 Å².